The largest absolute Gasteiger partial charge is 0.480 e. The van der Waals surface area contributed by atoms with Crippen LogP contribution in [0.5, 0.6) is 0 Å². The van der Waals surface area contributed by atoms with Crippen molar-refractivity contribution in [2.45, 2.75) is 6.42 Å². The number of carbonyl (C=O) groups is 1. The maximum atomic E-state index is 10.3. The molecule has 0 saturated heterocycles. The molecule has 0 aromatic heterocycles. The predicted octanol–water partition coefficient (Wildman–Crippen LogP) is 0.496. The van der Waals surface area contributed by atoms with E-state index in [2.05, 4.69) is 4.99 Å². The van der Waals surface area contributed by atoms with E-state index in [1.54, 1.807) is 23.7 Å². The first kappa shape index (κ1) is 9.38. The molecule has 0 saturated carbocycles. The molecular weight excluding hydrogens is 176 g/mol. The molecule has 68 valence electrons. The van der Waals surface area contributed by atoms with Crippen LogP contribution in [-0.4, -0.2) is 47.0 Å². The molecule has 0 aliphatic carbocycles. The lowest BCUT2D eigenvalue weighted by atomic mass is 10.5. The normalized spacial score (nSPS) is 16.9. The van der Waals surface area contributed by atoms with Crippen molar-refractivity contribution in [3.8, 4) is 0 Å². The molecule has 0 bridgehead atoms. The molecule has 0 aromatic rings. The van der Waals surface area contributed by atoms with E-state index in [9.17, 15) is 4.79 Å². The van der Waals surface area contributed by atoms with Crippen LogP contribution >= 0.6 is 11.8 Å². The van der Waals surface area contributed by atoms with E-state index in [0.29, 0.717) is 0 Å². The lowest BCUT2D eigenvalue weighted by Gasteiger charge is -2.20. The maximum absolute atomic E-state index is 10.3. The molecule has 12 heavy (non-hydrogen) atoms. The van der Waals surface area contributed by atoms with Gasteiger partial charge in [0, 0.05) is 19.3 Å². The van der Waals surface area contributed by atoms with Gasteiger partial charge in [0.05, 0.1) is 0 Å². The van der Waals surface area contributed by atoms with E-state index >= 15 is 0 Å². The van der Waals surface area contributed by atoms with Crippen LogP contribution in [-0.2, 0) is 4.79 Å². The first-order valence-corrected chi connectivity index (χ1v) is 4.79. The van der Waals surface area contributed by atoms with E-state index in [4.69, 9.17) is 5.11 Å². The number of aliphatic carboxylic acids is 1. The molecule has 1 aliphatic heterocycles. The van der Waals surface area contributed by atoms with Crippen LogP contribution in [0.3, 0.4) is 0 Å². The summed E-state index contributed by atoms with van der Waals surface area (Å²) in [5, 5.41) is 9.36. The summed E-state index contributed by atoms with van der Waals surface area (Å²) in [6.07, 6.45) is 1.09. The van der Waals surface area contributed by atoms with Crippen LogP contribution in [0.15, 0.2) is 4.99 Å². The van der Waals surface area contributed by atoms with Crippen molar-refractivity contribution in [3.63, 3.8) is 0 Å². The minimum atomic E-state index is -0.814. The number of nitrogens with zero attached hydrogens (tertiary/aromatic N) is 2. The Balaban J connectivity index is 2.44. The molecule has 0 unspecified atom stereocenters. The van der Waals surface area contributed by atoms with Crippen LogP contribution in [0.1, 0.15) is 6.42 Å². The third-order valence-corrected chi connectivity index (χ3v) is 2.67. The number of carboxylic acids is 1. The highest BCUT2D eigenvalue weighted by atomic mass is 32.2. The van der Waals surface area contributed by atoms with Gasteiger partial charge < -0.3 is 10.0 Å². The molecule has 0 radical (unpaired) electrons. The maximum Gasteiger partial charge on any atom is 0.323 e. The average Bonchev–Trinajstić information content (AvgIpc) is 2.05. The Hall–Kier alpha value is -0.710. The highest BCUT2D eigenvalue weighted by Crippen LogP contribution is 2.14. The van der Waals surface area contributed by atoms with E-state index in [1.165, 1.54) is 0 Å². The smallest absolute Gasteiger partial charge is 0.323 e. The molecule has 0 amide bonds. The predicted molar refractivity (Wildman–Crippen MR) is 49.6 cm³/mol. The Morgan fingerprint density at radius 1 is 1.83 bits per heavy atom. The lowest BCUT2D eigenvalue weighted by molar-refractivity contribution is -0.137. The lowest BCUT2D eigenvalue weighted by Crippen LogP contribution is -2.31. The van der Waals surface area contributed by atoms with Crippen molar-refractivity contribution < 1.29 is 9.90 Å². The molecule has 0 fully saturated rings. The molecular formula is C7H12N2O2S. The van der Waals surface area contributed by atoms with E-state index in [-0.39, 0.29) is 6.54 Å². The molecule has 0 aromatic carbocycles. The average molecular weight is 188 g/mol. The third kappa shape index (κ3) is 2.73. The first-order chi connectivity index (χ1) is 5.70. The summed E-state index contributed by atoms with van der Waals surface area (Å²) >= 11 is 1.63. The van der Waals surface area contributed by atoms with Gasteiger partial charge in [0.25, 0.3) is 0 Å². The number of hydrogen-bond acceptors (Lipinski definition) is 4. The summed E-state index contributed by atoms with van der Waals surface area (Å²) in [5.41, 5.74) is 0. The van der Waals surface area contributed by atoms with Crippen LogP contribution in [0, 0.1) is 0 Å². The van der Waals surface area contributed by atoms with Crippen molar-refractivity contribution in [1.29, 1.82) is 0 Å². The van der Waals surface area contributed by atoms with Crippen molar-refractivity contribution >= 4 is 22.9 Å². The van der Waals surface area contributed by atoms with Crippen molar-refractivity contribution in [2.24, 2.45) is 4.99 Å². The van der Waals surface area contributed by atoms with Gasteiger partial charge >= 0.3 is 5.97 Å². The minimum absolute atomic E-state index is 0.0336. The molecule has 1 N–H and O–H groups in total. The van der Waals surface area contributed by atoms with Gasteiger partial charge in [0.15, 0.2) is 5.17 Å². The van der Waals surface area contributed by atoms with Gasteiger partial charge in [-0.3, -0.25) is 9.79 Å². The summed E-state index contributed by atoms with van der Waals surface area (Å²) < 4.78 is 0. The number of rotatable bonds is 2. The summed E-state index contributed by atoms with van der Waals surface area (Å²) in [6.45, 7) is 0.859. The van der Waals surface area contributed by atoms with Crippen LogP contribution < -0.4 is 0 Å². The van der Waals surface area contributed by atoms with Crippen molar-refractivity contribution in [1.82, 2.24) is 4.90 Å². The number of thioether (sulfide) groups is 1. The zero-order chi connectivity index (χ0) is 8.97. The number of hydrogen-bond donors (Lipinski definition) is 1. The quantitative estimate of drug-likeness (QED) is 0.685. The van der Waals surface area contributed by atoms with Gasteiger partial charge in [-0.05, 0) is 6.42 Å². The number of likely N-dealkylation sites (N-methyl/N-ethyl adjacent to an activating group) is 1. The second kappa shape index (κ2) is 4.35. The number of aliphatic imine (C=N–C) groups is 1. The second-order valence-electron chi connectivity index (χ2n) is 2.62. The molecule has 5 heteroatoms. The fourth-order valence-corrected chi connectivity index (χ4v) is 1.87. The zero-order valence-electron chi connectivity index (χ0n) is 6.99. The van der Waals surface area contributed by atoms with E-state index < -0.39 is 5.97 Å². The Bertz CT molecular complexity index is 206. The molecule has 1 rings (SSSR count). The van der Waals surface area contributed by atoms with Crippen LogP contribution in [0.4, 0.5) is 0 Å². The van der Waals surface area contributed by atoms with Gasteiger partial charge in [-0.25, -0.2) is 0 Å². The molecule has 1 aliphatic rings. The Labute approximate surface area is 75.7 Å². The Morgan fingerprint density at radius 2 is 2.58 bits per heavy atom. The van der Waals surface area contributed by atoms with Gasteiger partial charge in [0.2, 0.25) is 0 Å². The molecule has 1 heterocycles. The highest BCUT2D eigenvalue weighted by Gasteiger charge is 2.12. The van der Waals surface area contributed by atoms with E-state index in [1.807, 2.05) is 0 Å². The number of carboxylic acid groups (broad SMARTS) is 1. The van der Waals surface area contributed by atoms with Crippen LogP contribution in [0.25, 0.3) is 0 Å². The molecule has 0 spiro atoms. The monoisotopic (exact) mass is 188 g/mol. The summed E-state index contributed by atoms with van der Waals surface area (Å²) in [4.78, 5) is 16.2. The second-order valence-corrected chi connectivity index (χ2v) is 3.68. The fraction of sp³-hybridized carbons (Fsp3) is 0.714. The minimum Gasteiger partial charge on any atom is -0.480 e. The first-order valence-electron chi connectivity index (χ1n) is 3.80. The molecule has 0 atom stereocenters. The van der Waals surface area contributed by atoms with Gasteiger partial charge in [0.1, 0.15) is 6.54 Å². The van der Waals surface area contributed by atoms with Gasteiger partial charge in [-0.15, -0.1) is 0 Å². The Kier molecular flexibility index (Phi) is 3.40. The van der Waals surface area contributed by atoms with Gasteiger partial charge in [-0.1, -0.05) is 11.8 Å². The Morgan fingerprint density at radius 3 is 3.08 bits per heavy atom. The van der Waals surface area contributed by atoms with Gasteiger partial charge in [-0.2, -0.15) is 0 Å². The van der Waals surface area contributed by atoms with E-state index in [0.717, 1.165) is 23.9 Å². The SMILES string of the molecule is CN(CC(=O)O)C1=NCCCS1. The molecule has 4 nitrogen and oxygen atoms in total. The van der Waals surface area contributed by atoms with Crippen molar-refractivity contribution in [3.05, 3.63) is 0 Å². The van der Waals surface area contributed by atoms with Crippen LogP contribution in [0.2, 0.25) is 0 Å². The zero-order valence-corrected chi connectivity index (χ0v) is 7.80. The highest BCUT2D eigenvalue weighted by molar-refractivity contribution is 8.13. The number of amidine groups is 1. The standard InChI is InChI=1S/C7H12N2O2S/c1-9(5-6(10)11)7-8-3-2-4-12-7/h2-5H2,1H3,(H,10,11). The summed E-state index contributed by atoms with van der Waals surface area (Å²) in [7, 11) is 1.76. The third-order valence-electron chi connectivity index (χ3n) is 1.48. The summed E-state index contributed by atoms with van der Waals surface area (Å²) in [5.74, 6) is 0.231. The topological polar surface area (TPSA) is 52.9 Å². The fourth-order valence-electron chi connectivity index (χ4n) is 0.950. The van der Waals surface area contributed by atoms with Crippen molar-refractivity contribution in [2.75, 3.05) is 25.9 Å². The summed E-state index contributed by atoms with van der Waals surface area (Å²) in [6, 6.07) is 0.